The Hall–Kier alpha value is -1.92. The second kappa shape index (κ2) is 7.76. The number of ether oxygens (including phenoxy) is 1. The van der Waals surface area contributed by atoms with Crippen LogP contribution in [0.25, 0.3) is 10.1 Å². The predicted octanol–water partition coefficient (Wildman–Crippen LogP) is 3.22. The molecule has 26 heavy (non-hydrogen) atoms. The van der Waals surface area contributed by atoms with Crippen LogP contribution in [0.15, 0.2) is 48.5 Å². The molecule has 1 aliphatic rings. The van der Waals surface area contributed by atoms with Gasteiger partial charge in [-0.25, -0.2) is 0 Å². The summed E-state index contributed by atoms with van der Waals surface area (Å²) in [6.45, 7) is 4.74. The number of carbonyl (C=O) groups is 1. The molecule has 1 aromatic heterocycles. The van der Waals surface area contributed by atoms with Gasteiger partial charge in [0.05, 0.1) is 18.2 Å². The normalized spacial score (nSPS) is 15.3. The highest BCUT2D eigenvalue weighted by molar-refractivity contribution is 7.21. The highest BCUT2D eigenvalue weighted by atomic mass is 35.5. The zero-order chi connectivity index (χ0) is 17.9. The Morgan fingerprint density at radius 3 is 2.58 bits per heavy atom. The summed E-state index contributed by atoms with van der Waals surface area (Å²) in [5.41, 5.74) is 2.05. The molecule has 2 N–H and O–H groups in total. The molecule has 1 fully saturated rings. The van der Waals surface area contributed by atoms with Crippen LogP contribution in [0.1, 0.15) is 15.2 Å². The highest BCUT2D eigenvalue weighted by Gasteiger charge is 2.17. The standard InChI is InChI=1S/C20H19ClN2O2S/c21-18-16-3-1-2-4-17(16)26-19(18)20(24)22-15-7-5-14(6-8-15)13-23-9-11-25-12-10-23/h1-8H,9-13H2,(H,22,24)/p+1. The first kappa shape index (κ1) is 17.5. The van der Waals surface area contributed by atoms with Gasteiger partial charge >= 0.3 is 0 Å². The topological polar surface area (TPSA) is 42.8 Å². The van der Waals surface area contributed by atoms with Gasteiger partial charge in [0.1, 0.15) is 24.5 Å². The number of morpholine rings is 1. The largest absolute Gasteiger partial charge is 0.370 e. The molecular formula is C20H20ClN2O2S+. The van der Waals surface area contributed by atoms with E-state index in [2.05, 4.69) is 17.4 Å². The Balaban J connectivity index is 1.44. The average Bonchev–Trinajstić information content (AvgIpc) is 3.01. The van der Waals surface area contributed by atoms with E-state index in [0.717, 1.165) is 48.6 Å². The Morgan fingerprint density at radius 1 is 1.12 bits per heavy atom. The smallest absolute Gasteiger partial charge is 0.267 e. The van der Waals surface area contributed by atoms with Crippen molar-refractivity contribution in [2.24, 2.45) is 0 Å². The van der Waals surface area contributed by atoms with Gasteiger partial charge in [-0.05, 0) is 18.2 Å². The molecule has 0 unspecified atom stereocenters. The zero-order valence-electron chi connectivity index (χ0n) is 14.3. The van der Waals surface area contributed by atoms with Crippen molar-refractivity contribution in [1.29, 1.82) is 0 Å². The third-order valence-electron chi connectivity index (χ3n) is 4.61. The number of rotatable bonds is 4. The Bertz CT molecular complexity index is 917. The first-order valence-corrected chi connectivity index (χ1v) is 9.89. The maximum absolute atomic E-state index is 12.6. The fourth-order valence-corrected chi connectivity index (χ4v) is 4.59. The van der Waals surface area contributed by atoms with Crippen LogP contribution in [0, 0.1) is 0 Å². The monoisotopic (exact) mass is 387 g/mol. The minimum absolute atomic E-state index is 0.164. The fraction of sp³-hybridized carbons (Fsp3) is 0.250. The van der Waals surface area contributed by atoms with E-state index in [-0.39, 0.29) is 5.91 Å². The van der Waals surface area contributed by atoms with E-state index >= 15 is 0 Å². The van der Waals surface area contributed by atoms with E-state index in [0.29, 0.717) is 9.90 Å². The predicted molar refractivity (Wildman–Crippen MR) is 106 cm³/mol. The zero-order valence-corrected chi connectivity index (χ0v) is 15.8. The SMILES string of the molecule is O=C(Nc1ccc(C[NH+]2CCOCC2)cc1)c1sc2ccccc2c1Cl. The first-order valence-electron chi connectivity index (χ1n) is 8.69. The fourth-order valence-electron chi connectivity index (χ4n) is 3.18. The third-order valence-corrected chi connectivity index (χ3v) is 6.28. The number of anilines is 1. The van der Waals surface area contributed by atoms with E-state index in [1.165, 1.54) is 21.8 Å². The van der Waals surface area contributed by atoms with Crippen molar-refractivity contribution >= 4 is 44.6 Å². The van der Waals surface area contributed by atoms with Gasteiger partial charge in [-0.1, -0.05) is 41.9 Å². The van der Waals surface area contributed by atoms with Gasteiger partial charge in [-0.2, -0.15) is 0 Å². The number of fused-ring (bicyclic) bond motifs is 1. The van der Waals surface area contributed by atoms with Crippen LogP contribution in [-0.4, -0.2) is 32.2 Å². The molecule has 0 saturated carbocycles. The van der Waals surface area contributed by atoms with Gasteiger partial charge in [0.2, 0.25) is 0 Å². The van der Waals surface area contributed by atoms with Gasteiger partial charge < -0.3 is 15.0 Å². The van der Waals surface area contributed by atoms with E-state index in [1.807, 2.05) is 36.4 Å². The molecule has 0 bridgehead atoms. The molecule has 6 heteroatoms. The summed E-state index contributed by atoms with van der Waals surface area (Å²) in [4.78, 5) is 14.7. The molecular weight excluding hydrogens is 368 g/mol. The summed E-state index contributed by atoms with van der Waals surface area (Å²) in [6.07, 6.45) is 0. The Morgan fingerprint density at radius 2 is 1.85 bits per heavy atom. The quantitative estimate of drug-likeness (QED) is 0.721. The van der Waals surface area contributed by atoms with E-state index in [9.17, 15) is 4.79 Å². The number of carbonyl (C=O) groups excluding carboxylic acids is 1. The molecule has 1 saturated heterocycles. The Labute approximate surface area is 161 Å². The van der Waals surface area contributed by atoms with E-state index in [4.69, 9.17) is 16.3 Å². The highest BCUT2D eigenvalue weighted by Crippen LogP contribution is 2.35. The number of amides is 1. The van der Waals surface area contributed by atoms with Gasteiger partial charge in [-0.3, -0.25) is 4.79 Å². The van der Waals surface area contributed by atoms with Gasteiger partial charge in [0.15, 0.2) is 0 Å². The summed E-state index contributed by atoms with van der Waals surface area (Å²) in [6, 6.07) is 15.8. The van der Waals surface area contributed by atoms with Crippen LogP contribution in [0.2, 0.25) is 5.02 Å². The molecule has 1 aliphatic heterocycles. The minimum Gasteiger partial charge on any atom is -0.370 e. The van der Waals surface area contributed by atoms with Crippen LogP contribution >= 0.6 is 22.9 Å². The second-order valence-corrected chi connectivity index (χ2v) is 7.86. The van der Waals surface area contributed by atoms with Crippen molar-refractivity contribution < 1.29 is 14.4 Å². The lowest BCUT2D eigenvalue weighted by molar-refractivity contribution is -0.921. The third kappa shape index (κ3) is 3.76. The Kier molecular flexibility index (Phi) is 5.22. The summed E-state index contributed by atoms with van der Waals surface area (Å²) in [7, 11) is 0. The lowest BCUT2D eigenvalue weighted by atomic mass is 10.2. The van der Waals surface area contributed by atoms with Crippen LogP contribution in [0.5, 0.6) is 0 Å². The maximum atomic E-state index is 12.6. The first-order chi connectivity index (χ1) is 12.7. The number of benzene rings is 2. The van der Waals surface area contributed by atoms with Crippen molar-refractivity contribution in [3.63, 3.8) is 0 Å². The number of hydrogen-bond acceptors (Lipinski definition) is 3. The van der Waals surface area contributed by atoms with Crippen molar-refractivity contribution in [2.75, 3.05) is 31.6 Å². The van der Waals surface area contributed by atoms with Crippen molar-refractivity contribution in [2.45, 2.75) is 6.54 Å². The van der Waals surface area contributed by atoms with Crippen molar-refractivity contribution in [1.82, 2.24) is 0 Å². The molecule has 0 spiro atoms. The van der Waals surface area contributed by atoms with Crippen molar-refractivity contribution in [3.8, 4) is 0 Å². The molecule has 4 nitrogen and oxygen atoms in total. The van der Waals surface area contributed by atoms with Gasteiger partial charge in [-0.15, -0.1) is 11.3 Å². The van der Waals surface area contributed by atoms with E-state index in [1.54, 1.807) is 0 Å². The lowest BCUT2D eigenvalue weighted by Gasteiger charge is -2.23. The summed E-state index contributed by atoms with van der Waals surface area (Å²) < 4.78 is 6.42. The van der Waals surface area contributed by atoms with Gasteiger partial charge in [0, 0.05) is 21.3 Å². The van der Waals surface area contributed by atoms with Gasteiger partial charge in [0.25, 0.3) is 5.91 Å². The van der Waals surface area contributed by atoms with Crippen molar-refractivity contribution in [3.05, 3.63) is 64.0 Å². The number of quaternary nitrogens is 1. The molecule has 2 heterocycles. The summed E-state index contributed by atoms with van der Waals surface area (Å²) in [5.74, 6) is -0.164. The maximum Gasteiger partial charge on any atom is 0.267 e. The van der Waals surface area contributed by atoms with Crippen LogP contribution < -0.4 is 10.2 Å². The average molecular weight is 388 g/mol. The summed E-state index contributed by atoms with van der Waals surface area (Å²) in [5, 5.41) is 4.40. The van der Waals surface area contributed by atoms with Crippen LogP contribution in [-0.2, 0) is 11.3 Å². The minimum atomic E-state index is -0.164. The molecule has 134 valence electrons. The van der Waals surface area contributed by atoms with Crippen LogP contribution in [0.3, 0.4) is 0 Å². The molecule has 2 aromatic carbocycles. The number of thiophene rings is 1. The van der Waals surface area contributed by atoms with Crippen LogP contribution in [0.4, 0.5) is 5.69 Å². The molecule has 1 amide bonds. The molecule has 4 rings (SSSR count). The molecule has 3 aromatic rings. The second-order valence-electron chi connectivity index (χ2n) is 6.43. The molecule has 0 aliphatic carbocycles. The summed E-state index contributed by atoms with van der Waals surface area (Å²) >= 11 is 7.81. The number of hydrogen-bond donors (Lipinski definition) is 2. The van der Waals surface area contributed by atoms with E-state index < -0.39 is 0 Å². The number of halogens is 1. The molecule has 0 atom stereocenters. The lowest BCUT2D eigenvalue weighted by Crippen LogP contribution is -3.12. The molecule has 0 radical (unpaired) electrons. The number of nitrogens with one attached hydrogen (secondary N) is 2.